The fourth-order valence-corrected chi connectivity index (χ4v) is 4.19. The predicted octanol–water partition coefficient (Wildman–Crippen LogP) is 4.56. The molecule has 0 saturated carbocycles. The second-order valence-corrected chi connectivity index (χ2v) is 9.98. The van der Waals surface area contributed by atoms with Crippen molar-refractivity contribution in [3.63, 3.8) is 0 Å². The Kier molecular flexibility index (Phi) is 8.54. The minimum atomic E-state index is -3.67. The minimum absolute atomic E-state index is 0.257. The molecule has 0 unspecified atom stereocenters. The molecule has 0 bridgehead atoms. The third kappa shape index (κ3) is 7.25. The van der Waals surface area contributed by atoms with Crippen molar-refractivity contribution in [1.29, 1.82) is 0 Å². The second kappa shape index (κ2) is 11.6. The van der Waals surface area contributed by atoms with Gasteiger partial charge in [0.25, 0.3) is 0 Å². The van der Waals surface area contributed by atoms with Gasteiger partial charge >= 0.3 is 0 Å². The zero-order chi connectivity index (χ0) is 24.6. The van der Waals surface area contributed by atoms with E-state index in [4.69, 9.17) is 9.47 Å². The molecule has 3 aromatic carbocycles. The van der Waals surface area contributed by atoms with Crippen LogP contribution in [0.25, 0.3) is 0 Å². The van der Waals surface area contributed by atoms with E-state index in [1.165, 1.54) is 0 Å². The van der Waals surface area contributed by atoms with Gasteiger partial charge in [0.2, 0.25) is 15.9 Å². The molecule has 0 saturated heterocycles. The molecule has 0 atom stereocenters. The van der Waals surface area contributed by atoms with E-state index in [1.54, 1.807) is 24.3 Å². The number of hydrogen-bond donors (Lipinski definition) is 1. The third-order valence-corrected chi connectivity index (χ3v) is 6.15. The molecule has 8 heteroatoms. The van der Waals surface area contributed by atoms with E-state index in [9.17, 15) is 13.2 Å². The van der Waals surface area contributed by atoms with Crippen LogP contribution in [0.4, 0.5) is 5.69 Å². The van der Waals surface area contributed by atoms with Gasteiger partial charge in [-0.15, -0.1) is 0 Å². The predicted molar refractivity (Wildman–Crippen MR) is 134 cm³/mol. The summed E-state index contributed by atoms with van der Waals surface area (Å²) in [4.78, 5) is 12.5. The molecule has 0 spiro atoms. The molecular formula is C26H30N2O5S. The highest BCUT2D eigenvalue weighted by atomic mass is 32.2. The molecule has 0 aliphatic carbocycles. The quantitative estimate of drug-likeness (QED) is 0.405. The van der Waals surface area contributed by atoms with Crippen LogP contribution in [0.3, 0.4) is 0 Å². The van der Waals surface area contributed by atoms with Crippen LogP contribution in [0.2, 0.25) is 0 Å². The molecular weight excluding hydrogens is 452 g/mol. The normalized spacial score (nSPS) is 11.2. The van der Waals surface area contributed by atoms with Gasteiger partial charge in [-0.2, -0.15) is 0 Å². The van der Waals surface area contributed by atoms with Crippen molar-refractivity contribution in [3.05, 3.63) is 84.4 Å². The van der Waals surface area contributed by atoms with Crippen LogP contribution in [0.1, 0.15) is 25.3 Å². The Labute approximate surface area is 201 Å². The summed E-state index contributed by atoms with van der Waals surface area (Å²) in [6.07, 6.45) is 1.07. The van der Waals surface area contributed by atoms with Gasteiger partial charge in [0.1, 0.15) is 30.4 Å². The first kappa shape index (κ1) is 25.1. The van der Waals surface area contributed by atoms with E-state index < -0.39 is 15.9 Å². The van der Waals surface area contributed by atoms with Crippen LogP contribution in [-0.2, 0) is 14.8 Å². The zero-order valence-electron chi connectivity index (χ0n) is 19.6. The van der Waals surface area contributed by atoms with Crippen molar-refractivity contribution < 1.29 is 22.7 Å². The van der Waals surface area contributed by atoms with Crippen molar-refractivity contribution in [3.8, 4) is 17.2 Å². The first-order chi connectivity index (χ1) is 16.2. The SMILES string of the molecule is CC(C)c1ccccc1OCCNC(=O)CN(c1ccc(Oc2ccccc2)cc1)S(C)(=O)=O. The van der Waals surface area contributed by atoms with Crippen molar-refractivity contribution in [2.45, 2.75) is 19.8 Å². The second-order valence-electron chi connectivity index (χ2n) is 8.07. The summed E-state index contributed by atoms with van der Waals surface area (Å²) in [5.41, 5.74) is 1.47. The largest absolute Gasteiger partial charge is 0.491 e. The summed E-state index contributed by atoms with van der Waals surface area (Å²) >= 11 is 0. The summed E-state index contributed by atoms with van der Waals surface area (Å²) < 4.78 is 37.3. The van der Waals surface area contributed by atoms with Gasteiger partial charge in [0, 0.05) is 0 Å². The van der Waals surface area contributed by atoms with Crippen LogP contribution in [0.5, 0.6) is 17.2 Å². The smallest absolute Gasteiger partial charge is 0.240 e. The van der Waals surface area contributed by atoms with Gasteiger partial charge in [-0.1, -0.05) is 50.2 Å². The number of carbonyl (C=O) groups excluding carboxylic acids is 1. The highest BCUT2D eigenvalue weighted by Crippen LogP contribution is 2.26. The molecule has 0 fully saturated rings. The monoisotopic (exact) mass is 482 g/mol. The van der Waals surface area contributed by atoms with Crippen molar-refractivity contribution in [2.24, 2.45) is 0 Å². The fourth-order valence-electron chi connectivity index (χ4n) is 3.33. The lowest BCUT2D eigenvalue weighted by Gasteiger charge is -2.22. The molecule has 0 aliphatic rings. The van der Waals surface area contributed by atoms with Crippen molar-refractivity contribution in [2.75, 3.05) is 30.3 Å². The van der Waals surface area contributed by atoms with Crippen LogP contribution < -0.4 is 19.1 Å². The number of ether oxygens (including phenoxy) is 2. The Bertz CT molecular complexity index is 1180. The van der Waals surface area contributed by atoms with Gasteiger partial charge < -0.3 is 14.8 Å². The molecule has 3 rings (SSSR count). The van der Waals surface area contributed by atoms with Crippen LogP contribution >= 0.6 is 0 Å². The molecule has 1 N–H and O–H groups in total. The Morgan fingerprint density at radius 3 is 2.18 bits per heavy atom. The first-order valence-electron chi connectivity index (χ1n) is 11.0. The number of hydrogen-bond acceptors (Lipinski definition) is 5. The number of sulfonamides is 1. The molecule has 3 aromatic rings. The number of anilines is 1. The maximum absolute atomic E-state index is 12.5. The molecule has 1 amide bonds. The van der Waals surface area contributed by atoms with Gasteiger partial charge in [-0.05, 0) is 53.9 Å². The summed E-state index contributed by atoms with van der Waals surface area (Å²) in [5.74, 6) is 1.91. The standard InChI is InChI=1S/C26H30N2O5S/c1-20(2)24-11-7-8-12-25(24)32-18-17-27-26(29)19-28(34(3,30)31)21-13-15-23(16-14-21)33-22-9-5-4-6-10-22/h4-16,20H,17-19H2,1-3H3,(H,27,29). The first-order valence-corrected chi connectivity index (χ1v) is 12.9. The lowest BCUT2D eigenvalue weighted by Crippen LogP contribution is -2.41. The molecule has 180 valence electrons. The van der Waals surface area contributed by atoms with E-state index in [0.29, 0.717) is 23.1 Å². The Morgan fingerprint density at radius 2 is 1.53 bits per heavy atom. The van der Waals surface area contributed by atoms with E-state index >= 15 is 0 Å². The molecule has 0 heterocycles. The number of rotatable bonds is 11. The summed E-state index contributed by atoms with van der Waals surface area (Å²) in [7, 11) is -3.67. The average molecular weight is 483 g/mol. The minimum Gasteiger partial charge on any atom is -0.491 e. The fraction of sp³-hybridized carbons (Fsp3) is 0.269. The molecule has 34 heavy (non-hydrogen) atoms. The lowest BCUT2D eigenvalue weighted by molar-refractivity contribution is -0.119. The number of para-hydroxylation sites is 2. The lowest BCUT2D eigenvalue weighted by atomic mass is 10.0. The highest BCUT2D eigenvalue weighted by Gasteiger charge is 2.21. The Morgan fingerprint density at radius 1 is 0.912 bits per heavy atom. The third-order valence-electron chi connectivity index (χ3n) is 5.01. The van der Waals surface area contributed by atoms with E-state index in [0.717, 1.165) is 21.9 Å². The van der Waals surface area contributed by atoms with Crippen molar-refractivity contribution in [1.82, 2.24) is 5.32 Å². The number of nitrogens with zero attached hydrogens (tertiary/aromatic N) is 1. The van der Waals surface area contributed by atoms with Gasteiger partial charge in [0.15, 0.2) is 0 Å². The maximum Gasteiger partial charge on any atom is 0.240 e. The topological polar surface area (TPSA) is 84.9 Å². The number of nitrogens with one attached hydrogen (secondary N) is 1. The molecule has 0 aliphatic heterocycles. The Hall–Kier alpha value is -3.52. The van der Waals surface area contributed by atoms with Crippen LogP contribution in [0, 0.1) is 0 Å². The number of benzene rings is 3. The summed E-state index contributed by atoms with van der Waals surface area (Å²) in [6, 6.07) is 23.6. The average Bonchev–Trinajstić information content (AvgIpc) is 2.81. The Balaban J connectivity index is 1.56. The van der Waals surface area contributed by atoms with Gasteiger partial charge in [-0.3, -0.25) is 9.10 Å². The van der Waals surface area contributed by atoms with Gasteiger partial charge in [0.05, 0.1) is 18.5 Å². The highest BCUT2D eigenvalue weighted by molar-refractivity contribution is 7.92. The van der Waals surface area contributed by atoms with Crippen LogP contribution in [-0.4, -0.2) is 40.3 Å². The zero-order valence-corrected chi connectivity index (χ0v) is 20.4. The van der Waals surface area contributed by atoms with E-state index in [1.807, 2.05) is 54.6 Å². The van der Waals surface area contributed by atoms with Gasteiger partial charge in [-0.25, -0.2) is 8.42 Å². The molecule has 0 radical (unpaired) electrons. The van der Waals surface area contributed by atoms with Crippen molar-refractivity contribution >= 4 is 21.6 Å². The van der Waals surface area contributed by atoms with Crippen LogP contribution in [0.15, 0.2) is 78.9 Å². The summed E-state index contributed by atoms with van der Waals surface area (Å²) in [5, 5.41) is 2.72. The molecule has 0 aromatic heterocycles. The maximum atomic E-state index is 12.5. The number of carbonyl (C=O) groups is 1. The molecule has 7 nitrogen and oxygen atoms in total. The van der Waals surface area contributed by atoms with E-state index in [2.05, 4.69) is 19.2 Å². The van der Waals surface area contributed by atoms with E-state index in [-0.39, 0.29) is 19.7 Å². The summed E-state index contributed by atoms with van der Waals surface area (Å²) in [6.45, 7) is 4.38. The number of amides is 1.